The minimum atomic E-state index is -0.211. The smallest absolute Gasteiger partial charge is 0.293 e. The Morgan fingerprint density at radius 1 is 1.03 bits per heavy atom. The van der Waals surface area contributed by atoms with Crippen molar-refractivity contribution in [2.45, 2.75) is 20.4 Å². The van der Waals surface area contributed by atoms with Gasteiger partial charge in [-0.3, -0.25) is 9.69 Å². The van der Waals surface area contributed by atoms with Crippen molar-refractivity contribution >= 4 is 22.9 Å². The number of hydrogen-bond acceptors (Lipinski definition) is 7. The first-order valence-electron chi connectivity index (χ1n) is 11.4. The fourth-order valence-corrected chi connectivity index (χ4v) is 4.21. The van der Waals surface area contributed by atoms with Gasteiger partial charge in [0.1, 0.15) is 0 Å². The number of benzene rings is 2. The molecule has 0 radical (unpaired) electrons. The van der Waals surface area contributed by atoms with E-state index in [1.165, 1.54) is 4.57 Å². The van der Waals surface area contributed by atoms with Gasteiger partial charge in [0, 0.05) is 68.6 Å². The van der Waals surface area contributed by atoms with Gasteiger partial charge in [-0.15, -0.1) is 0 Å². The molecular weight excluding hydrogens is 414 g/mol. The van der Waals surface area contributed by atoms with Crippen molar-refractivity contribution in [3.63, 3.8) is 0 Å². The second kappa shape index (κ2) is 9.64. The molecule has 174 valence electrons. The number of anilines is 4. The van der Waals surface area contributed by atoms with Gasteiger partial charge in [-0.05, 0) is 42.8 Å². The zero-order chi connectivity index (χ0) is 23.5. The topological polar surface area (TPSA) is 105 Å². The third-order valence-electron chi connectivity index (χ3n) is 6.44. The Bertz CT molecular complexity index is 1200. The molecule has 3 aromatic rings. The lowest BCUT2D eigenvalue weighted by Crippen LogP contribution is -2.45. The lowest BCUT2D eigenvalue weighted by atomic mass is 10.0. The van der Waals surface area contributed by atoms with Crippen LogP contribution < -0.4 is 22.3 Å². The first-order valence-corrected chi connectivity index (χ1v) is 11.4. The van der Waals surface area contributed by atoms with E-state index in [1.54, 1.807) is 13.2 Å². The van der Waals surface area contributed by atoms with Crippen LogP contribution in [0.5, 0.6) is 0 Å². The number of aryl methyl sites for hydroxylation is 1. The Balaban J connectivity index is 1.54. The van der Waals surface area contributed by atoms with Gasteiger partial charge in [-0.1, -0.05) is 25.1 Å². The van der Waals surface area contributed by atoms with Crippen molar-refractivity contribution in [3.05, 3.63) is 64.1 Å². The van der Waals surface area contributed by atoms with Crippen LogP contribution >= 0.6 is 0 Å². The summed E-state index contributed by atoms with van der Waals surface area (Å²) in [7, 11) is 1.72. The number of nitrogen functional groups attached to an aromatic ring is 2. The Kier molecular flexibility index (Phi) is 6.67. The molecule has 0 spiro atoms. The normalized spacial score (nSPS) is 15.0. The summed E-state index contributed by atoms with van der Waals surface area (Å²) in [6.45, 7) is 10.4. The number of likely N-dealkylation sites (N-methyl/N-ethyl adjacent to an activating group) is 1. The monoisotopic (exact) mass is 447 g/mol. The number of hydrogen-bond donors (Lipinski definition) is 3. The molecule has 0 unspecified atom stereocenters. The second-order valence-corrected chi connectivity index (χ2v) is 8.66. The van der Waals surface area contributed by atoms with Gasteiger partial charge in [0.15, 0.2) is 5.82 Å². The molecule has 0 amide bonds. The molecule has 1 fully saturated rings. The van der Waals surface area contributed by atoms with Crippen LogP contribution in [0.1, 0.15) is 18.1 Å². The van der Waals surface area contributed by atoms with Gasteiger partial charge in [-0.25, -0.2) is 4.98 Å². The Morgan fingerprint density at radius 2 is 1.76 bits per heavy atom. The molecule has 33 heavy (non-hydrogen) atoms. The number of aromatic nitrogens is 2. The van der Waals surface area contributed by atoms with E-state index in [0.29, 0.717) is 17.1 Å². The summed E-state index contributed by atoms with van der Waals surface area (Å²) in [4.78, 5) is 22.2. The Labute approximate surface area is 194 Å². The van der Waals surface area contributed by atoms with Gasteiger partial charge < -0.3 is 26.3 Å². The van der Waals surface area contributed by atoms with Crippen molar-refractivity contribution in [2.75, 3.05) is 49.5 Å². The first-order chi connectivity index (χ1) is 15.9. The van der Waals surface area contributed by atoms with Crippen LogP contribution in [0.15, 0.2) is 47.4 Å². The zero-order valence-corrected chi connectivity index (χ0v) is 19.6. The van der Waals surface area contributed by atoms with Crippen LogP contribution in [0, 0.1) is 6.92 Å². The predicted molar refractivity (Wildman–Crippen MR) is 136 cm³/mol. The summed E-state index contributed by atoms with van der Waals surface area (Å²) in [5.74, 6) is 0.250. The molecule has 2 heterocycles. The molecule has 0 aliphatic carbocycles. The summed E-state index contributed by atoms with van der Waals surface area (Å²) >= 11 is 0. The fourth-order valence-electron chi connectivity index (χ4n) is 4.21. The summed E-state index contributed by atoms with van der Waals surface area (Å²) < 4.78 is 1.53. The number of nitrogens with one attached hydrogen (secondary N) is 1. The third kappa shape index (κ3) is 5.02. The van der Waals surface area contributed by atoms with Crippen LogP contribution in [-0.2, 0) is 13.6 Å². The van der Waals surface area contributed by atoms with E-state index in [0.717, 1.165) is 61.6 Å². The van der Waals surface area contributed by atoms with E-state index in [2.05, 4.69) is 27.0 Å². The van der Waals surface area contributed by atoms with Gasteiger partial charge in [0.25, 0.3) is 5.56 Å². The van der Waals surface area contributed by atoms with Crippen molar-refractivity contribution < 1.29 is 0 Å². The molecule has 0 atom stereocenters. The number of piperazine rings is 1. The van der Waals surface area contributed by atoms with Crippen LogP contribution in [0.2, 0.25) is 0 Å². The third-order valence-corrected chi connectivity index (χ3v) is 6.44. The highest BCUT2D eigenvalue weighted by molar-refractivity contribution is 5.71. The molecule has 2 aromatic carbocycles. The predicted octanol–water partition coefficient (Wildman–Crippen LogP) is 2.80. The quantitative estimate of drug-likeness (QED) is 0.499. The van der Waals surface area contributed by atoms with Gasteiger partial charge >= 0.3 is 0 Å². The lowest BCUT2D eigenvalue weighted by molar-refractivity contribution is 0.132. The van der Waals surface area contributed by atoms with E-state index in [-0.39, 0.29) is 11.4 Å². The molecule has 8 nitrogen and oxygen atoms in total. The maximum atomic E-state index is 12.7. The lowest BCUT2D eigenvalue weighted by Gasteiger charge is -2.34. The molecule has 8 heteroatoms. The summed E-state index contributed by atoms with van der Waals surface area (Å²) in [5, 5.41) is 3.17. The number of nitrogens with zero attached hydrogens (tertiary/aromatic N) is 4. The van der Waals surface area contributed by atoms with Gasteiger partial charge in [0.05, 0.1) is 5.69 Å². The van der Waals surface area contributed by atoms with Crippen LogP contribution in [0.25, 0.3) is 11.3 Å². The molecule has 1 aliphatic heterocycles. The molecule has 0 saturated carbocycles. The van der Waals surface area contributed by atoms with Gasteiger partial charge in [0.2, 0.25) is 0 Å². The van der Waals surface area contributed by atoms with E-state index < -0.39 is 0 Å². The number of rotatable bonds is 6. The molecule has 4 rings (SSSR count). The highest BCUT2D eigenvalue weighted by atomic mass is 16.1. The average molecular weight is 448 g/mol. The first kappa shape index (κ1) is 22.8. The Hall–Kier alpha value is -3.36. The fraction of sp³-hybridized carbons (Fsp3) is 0.360. The largest absolute Gasteiger partial charge is 0.398 e. The van der Waals surface area contributed by atoms with Crippen molar-refractivity contribution in [1.29, 1.82) is 0 Å². The number of nitrogens with two attached hydrogens (primary N) is 2. The molecule has 1 aromatic heterocycles. The van der Waals surface area contributed by atoms with Crippen LogP contribution in [-0.4, -0.2) is 52.1 Å². The van der Waals surface area contributed by atoms with Gasteiger partial charge in [-0.2, -0.15) is 0 Å². The zero-order valence-electron chi connectivity index (χ0n) is 19.6. The van der Waals surface area contributed by atoms with Crippen molar-refractivity contribution in [2.24, 2.45) is 7.05 Å². The van der Waals surface area contributed by atoms with Crippen LogP contribution in [0.4, 0.5) is 22.9 Å². The minimum Gasteiger partial charge on any atom is -0.398 e. The van der Waals surface area contributed by atoms with E-state index in [4.69, 9.17) is 11.5 Å². The summed E-state index contributed by atoms with van der Waals surface area (Å²) in [5.41, 5.74) is 18.0. The summed E-state index contributed by atoms with van der Waals surface area (Å²) in [6.07, 6.45) is 1.73. The van der Waals surface area contributed by atoms with E-state index in [1.807, 2.05) is 43.3 Å². The summed E-state index contributed by atoms with van der Waals surface area (Å²) in [6, 6.07) is 11.5. The van der Waals surface area contributed by atoms with E-state index >= 15 is 0 Å². The minimum absolute atomic E-state index is 0.211. The molecule has 1 saturated heterocycles. The maximum absolute atomic E-state index is 12.7. The Morgan fingerprint density at radius 3 is 2.45 bits per heavy atom. The van der Waals surface area contributed by atoms with E-state index in [9.17, 15) is 4.79 Å². The molecule has 5 N–H and O–H groups in total. The standard InChI is InChI=1S/C25H33N7O/c1-4-31-10-12-32(13-11-31)15-18-8-9-19(14-22(18)27)28-24-25(33)30(3)16-23(29-24)20-6-5-7-21(26)17(20)2/h5-9,14,16H,4,10-13,15,26-27H2,1-3H3,(H,28,29). The molecule has 1 aliphatic rings. The highest BCUT2D eigenvalue weighted by Gasteiger charge is 2.17. The van der Waals surface area contributed by atoms with Crippen LogP contribution in [0.3, 0.4) is 0 Å². The van der Waals surface area contributed by atoms with Crippen molar-refractivity contribution in [3.8, 4) is 11.3 Å². The average Bonchev–Trinajstić information content (AvgIpc) is 2.81. The highest BCUT2D eigenvalue weighted by Crippen LogP contribution is 2.27. The maximum Gasteiger partial charge on any atom is 0.293 e. The molecule has 0 bridgehead atoms. The SMILES string of the molecule is CCN1CCN(Cc2ccc(Nc3nc(-c4cccc(N)c4C)cn(C)c3=O)cc2N)CC1. The second-order valence-electron chi connectivity index (χ2n) is 8.66. The van der Waals surface area contributed by atoms with Crippen molar-refractivity contribution in [1.82, 2.24) is 19.4 Å². The molecular formula is C25H33N7O.